The van der Waals surface area contributed by atoms with Crippen molar-refractivity contribution < 1.29 is 0 Å². The molecule has 0 amide bonds. The summed E-state index contributed by atoms with van der Waals surface area (Å²) in [7, 11) is 1.68. The van der Waals surface area contributed by atoms with Crippen LogP contribution < -0.4 is 10.6 Å². The van der Waals surface area contributed by atoms with Gasteiger partial charge in [-0.25, -0.2) is 0 Å². The van der Waals surface area contributed by atoms with E-state index in [2.05, 4.69) is 79.7 Å². The molecule has 2 aromatic carbocycles. The molecule has 3 unspecified atom stereocenters. The summed E-state index contributed by atoms with van der Waals surface area (Å²) in [6.07, 6.45) is 20.0. The fraction of sp³-hybridized carbons (Fsp3) is 0.484. The van der Waals surface area contributed by atoms with Gasteiger partial charge in [0.25, 0.3) is 0 Å². The molecule has 180 valence electrons. The van der Waals surface area contributed by atoms with Crippen LogP contribution in [0.15, 0.2) is 83.4 Å². The molecule has 2 saturated carbocycles. The van der Waals surface area contributed by atoms with Crippen LogP contribution in [-0.4, -0.2) is 17.0 Å². The van der Waals surface area contributed by atoms with Gasteiger partial charge in [-0.05, 0) is 63.9 Å². The van der Waals surface area contributed by atoms with E-state index in [4.69, 9.17) is 0 Å². The number of hydrogen-bond donors (Lipinski definition) is 0. The number of allylic oxidation sites excluding steroid dienone is 4. The molecule has 0 aliphatic heterocycles. The van der Waals surface area contributed by atoms with E-state index in [0.29, 0.717) is 5.92 Å². The minimum Gasteiger partial charge on any atom is -0.0965 e. The van der Waals surface area contributed by atoms with E-state index in [1.807, 2.05) is 0 Å². The summed E-state index contributed by atoms with van der Waals surface area (Å²) in [5.41, 5.74) is 2.85. The van der Waals surface area contributed by atoms with Crippen LogP contribution in [-0.2, 0) is 0 Å². The molecule has 0 radical (unpaired) electrons. The Kier molecular flexibility index (Phi) is 9.11. The largest absolute Gasteiger partial charge is 0.0965 e. The molecule has 34 heavy (non-hydrogen) atoms. The van der Waals surface area contributed by atoms with Gasteiger partial charge in [-0.3, -0.25) is 0 Å². The molecule has 0 aromatic heterocycles. The third kappa shape index (κ3) is 6.12. The molecule has 5 rings (SSSR count). The summed E-state index contributed by atoms with van der Waals surface area (Å²) in [4.78, 5) is 0. The lowest BCUT2D eigenvalue weighted by Crippen LogP contribution is -2.30. The van der Waals surface area contributed by atoms with Crippen LogP contribution in [0.3, 0.4) is 0 Å². The molecule has 2 fully saturated rings. The zero-order valence-electron chi connectivity index (χ0n) is 20.8. The highest BCUT2D eigenvalue weighted by Gasteiger charge is 2.40. The molecule has 0 spiro atoms. The van der Waals surface area contributed by atoms with E-state index in [-0.39, 0.29) is 7.92 Å². The van der Waals surface area contributed by atoms with Crippen molar-refractivity contribution in [3.63, 3.8) is 0 Å². The Balaban J connectivity index is 1.44. The van der Waals surface area contributed by atoms with Crippen molar-refractivity contribution in [2.45, 2.75) is 88.1 Å². The first kappa shape index (κ1) is 24.9. The molecule has 3 heteroatoms. The van der Waals surface area contributed by atoms with Crippen LogP contribution in [0.2, 0.25) is 0 Å². The SMILES string of the molecule is CC(C1C(Pc2ccccc2)=CC=C1Pc1ccccc1)P(C1CCCCC1)C1CCCCC1. The average Bonchev–Trinajstić information content (AvgIpc) is 3.28. The molecule has 0 N–H and O–H groups in total. The fourth-order valence-electron chi connectivity index (χ4n) is 6.58. The fourth-order valence-corrected chi connectivity index (χ4v) is 14.4. The molecule has 3 atom stereocenters. The average molecular weight is 507 g/mol. The Hall–Kier alpha value is -0.790. The van der Waals surface area contributed by atoms with E-state index in [0.717, 1.165) is 34.1 Å². The van der Waals surface area contributed by atoms with Crippen LogP contribution >= 0.6 is 25.1 Å². The van der Waals surface area contributed by atoms with Gasteiger partial charge in [0.05, 0.1) is 0 Å². The van der Waals surface area contributed by atoms with Gasteiger partial charge in [-0.1, -0.05) is 143 Å². The van der Waals surface area contributed by atoms with E-state index < -0.39 is 0 Å². The third-order valence-corrected chi connectivity index (χ3v) is 14.9. The van der Waals surface area contributed by atoms with Crippen molar-refractivity contribution in [1.82, 2.24) is 0 Å². The van der Waals surface area contributed by atoms with Crippen molar-refractivity contribution in [3.05, 3.63) is 83.4 Å². The molecule has 0 saturated heterocycles. The second-order valence-corrected chi connectivity index (χ2v) is 16.5. The minimum absolute atomic E-state index is 0.0555. The van der Waals surface area contributed by atoms with Crippen LogP contribution in [0.4, 0.5) is 0 Å². The van der Waals surface area contributed by atoms with E-state index in [1.54, 1.807) is 10.6 Å². The van der Waals surface area contributed by atoms with E-state index in [1.165, 1.54) is 74.8 Å². The predicted octanol–water partition coefficient (Wildman–Crippen LogP) is 8.93. The van der Waals surface area contributed by atoms with Crippen LogP contribution in [0.1, 0.15) is 71.1 Å². The van der Waals surface area contributed by atoms with E-state index >= 15 is 0 Å². The van der Waals surface area contributed by atoms with Gasteiger partial charge in [0.15, 0.2) is 0 Å². The summed E-state index contributed by atoms with van der Waals surface area (Å²) in [5.74, 6) is 0.659. The lowest BCUT2D eigenvalue weighted by Gasteiger charge is -2.45. The molecule has 0 bridgehead atoms. The minimum atomic E-state index is 0.0555. The summed E-state index contributed by atoms with van der Waals surface area (Å²) >= 11 is 0. The second-order valence-electron chi connectivity index (χ2n) is 10.5. The summed E-state index contributed by atoms with van der Waals surface area (Å²) in [6.45, 7) is 2.69. The van der Waals surface area contributed by atoms with Gasteiger partial charge in [0.1, 0.15) is 0 Å². The maximum Gasteiger partial charge on any atom is 0.0165 e. The zero-order chi connectivity index (χ0) is 23.2. The molecule has 0 nitrogen and oxygen atoms in total. The van der Waals surface area contributed by atoms with E-state index in [9.17, 15) is 0 Å². The van der Waals surface area contributed by atoms with Crippen molar-refractivity contribution >= 4 is 35.7 Å². The van der Waals surface area contributed by atoms with Crippen molar-refractivity contribution in [1.29, 1.82) is 0 Å². The molecular formula is C31H41P3. The van der Waals surface area contributed by atoms with Crippen molar-refractivity contribution in [2.24, 2.45) is 5.92 Å². The lowest BCUT2D eigenvalue weighted by atomic mass is 9.99. The maximum atomic E-state index is 2.69. The van der Waals surface area contributed by atoms with Gasteiger partial charge < -0.3 is 0 Å². The normalized spacial score (nSPS) is 23.8. The molecule has 3 aliphatic carbocycles. The van der Waals surface area contributed by atoms with Crippen LogP contribution in [0, 0.1) is 5.92 Å². The van der Waals surface area contributed by atoms with Crippen molar-refractivity contribution in [3.8, 4) is 0 Å². The summed E-state index contributed by atoms with van der Waals surface area (Å²) in [6, 6.07) is 22.5. The Labute approximate surface area is 212 Å². The molecule has 2 aromatic rings. The lowest BCUT2D eigenvalue weighted by molar-refractivity contribution is 0.478. The van der Waals surface area contributed by atoms with Gasteiger partial charge in [-0.2, -0.15) is 0 Å². The first-order valence-corrected chi connectivity index (χ1v) is 17.2. The maximum absolute atomic E-state index is 2.69. The highest BCUT2D eigenvalue weighted by Crippen LogP contribution is 2.64. The molecular weight excluding hydrogens is 465 g/mol. The highest BCUT2D eigenvalue weighted by molar-refractivity contribution is 7.60. The predicted molar refractivity (Wildman–Crippen MR) is 159 cm³/mol. The van der Waals surface area contributed by atoms with Gasteiger partial charge in [-0.15, -0.1) is 0 Å². The zero-order valence-corrected chi connectivity index (χ0v) is 23.7. The van der Waals surface area contributed by atoms with Gasteiger partial charge >= 0.3 is 0 Å². The van der Waals surface area contributed by atoms with Crippen molar-refractivity contribution in [2.75, 3.05) is 0 Å². The van der Waals surface area contributed by atoms with Crippen LogP contribution in [0.5, 0.6) is 0 Å². The quantitative estimate of drug-likeness (QED) is 0.314. The Morgan fingerprint density at radius 3 is 1.44 bits per heavy atom. The number of hydrogen-bond acceptors (Lipinski definition) is 0. The molecule has 0 heterocycles. The first-order chi connectivity index (χ1) is 16.8. The summed E-state index contributed by atoms with van der Waals surface area (Å²) in [5, 5.41) is 6.44. The Morgan fingerprint density at radius 1 is 0.618 bits per heavy atom. The standard InChI is InChI=1S/C31H41P3/c1-24(34(27-18-10-4-11-19-27)28-20-12-5-13-21-28)31-29(32-25-14-6-2-7-15-25)22-23-30(31)33-26-16-8-3-9-17-26/h2-3,6-9,14-17,22-24,27-28,31-33H,4-5,10-13,18-21H2,1H3. The Bertz CT molecular complexity index is 877. The molecule has 3 aliphatic rings. The second kappa shape index (κ2) is 12.4. The number of benzene rings is 2. The van der Waals surface area contributed by atoms with Gasteiger partial charge in [0.2, 0.25) is 0 Å². The summed E-state index contributed by atoms with van der Waals surface area (Å²) < 4.78 is 0. The van der Waals surface area contributed by atoms with Crippen LogP contribution in [0.25, 0.3) is 0 Å². The Morgan fingerprint density at radius 2 is 1.03 bits per heavy atom. The van der Waals surface area contributed by atoms with Gasteiger partial charge in [0, 0.05) is 5.92 Å². The number of rotatable bonds is 8. The monoisotopic (exact) mass is 506 g/mol. The highest BCUT2D eigenvalue weighted by atomic mass is 31.1. The smallest absolute Gasteiger partial charge is 0.0165 e. The third-order valence-electron chi connectivity index (χ3n) is 8.18. The topological polar surface area (TPSA) is 0 Å². The first-order valence-electron chi connectivity index (χ1n) is 13.6.